The lowest BCUT2D eigenvalue weighted by molar-refractivity contribution is -0.124. The van der Waals surface area contributed by atoms with Gasteiger partial charge in [0.15, 0.2) is 0 Å². The van der Waals surface area contributed by atoms with Crippen LogP contribution in [-0.2, 0) is 11.2 Å². The van der Waals surface area contributed by atoms with Crippen LogP contribution < -0.4 is 10.6 Å². The van der Waals surface area contributed by atoms with Crippen molar-refractivity contribution in [1.82, 2.24) is 10.6 Å². The minimum Gasteiger partial charge on any atom is -0.354 e. The predicted molar refractivity (Wildman–Crippen MR) is 75.9 cm³/mol. The quantitative estimate of drug-likeness (QED) is 0.872. The molecule has 3 rings (SSSR count). The minimum absolute atomic E-state index is 0.252. The van der Waals surface area contributed by atoms with Crippen molar-refractivity contribution in [3.8, 4) is 0 Å². The van der Waals surface area contributed by atoms with E-state index in [1.165, 1.54) is 24.0 Å². The van der Waals surface area contributed by atoms with Crippen LogP contribution in [-0.4, -0.2) is 19.0 Å². The molecule has 1 saturated carbocycles. The molecule has 1 aromatic carbocycles. The molecule has 3 heteroatoms. The normalized spacial score (nSPS) is 23.1. The van der Waals surface area contributed by atoms with Gasteiger partial charge >= 0.3 is 0 Å². The molecule has 0 bridgehead atoms. The predicted octanol–water partition coefficient (Wildman–Crippen LogP) is 2.18. The van der Waals surface area contributed by atoms with Gasteiger partial charge in [0.1, 0.15) is 0 Å². The fourth-order valence-corrected chi connectivity index (χ4v) is 3.31. The molecule has 2 N–H and O–H groups in total. The summed E-state index contributed by atoms with van der Waals surface area (Å²) in [4.78, 5) is 12.1. The molecule has 2 aliphatic rings. The van der Waals surface area contributed by atoms with Gasteiger partial charge in [-0.05, 0) is 36.9 Å². The van der Waals surface area contributed by atoms with Crippen LogP contribution in [0.3, 0.4) is 0 Å². The first-order chi connectivity index (χ1) is 9.34. The zero-order chi connectivity index (χ0) is 13.1. The Bertz CT molecular complexity index is 452. The lowest BCUT2D eigenvalue weighted by atomic mass is 9.94. The van der Waals surface area contributed by atoms with Gasteiger partial charge in [0.25, 0.3) is 0 Å². The number of amides is 1. The van der Waals surface area contributed by atoms with E-state index in [4.69, 9.17) is 0 Å². The van der Waals surface area contributed by atoms with Crippen LogP contribution in [0, 0.1) is 5.92 Å². The summed E-state index contributed by atoms with van der Waals surface area (Å²) in [5.74, 6) is 0.515. The Morgan fingerprint density at radius 3 is 2.89 bits per heavy atom. The largest absolute Gasteiger partial charge is 0.354 e. The molecule has 1 aliphatic carbocycles. The van der Waals surface area contributed by atoms with Crippen molar-refractivity contribution < 1.29 is 4.79 Å². The Kier molecular flexibility index (Phi) is 3.83. The maximum absolute atomic E-state index is 12.1. The fourth-order valence-electron chi connectivity index (χ4n) is 3.31. The number of carbonyl (C=O) groups is 1. The Morgan fingerprint density at radius 2 is 2.05 bits per heavy atom. The lowest BCUT2D eigenvalue weighted by Crippen LogP contribution is -2.40. The van der Waals surface area contributed by atoms with Gasteiger partial charge in [0, 0.05) is 18.5 Å². The molecule has 1 heterocycles. The van der Waals surface area contributed by atoms with E-state index in [1.54, 1.807) is 0 Å². The maximum atomic E-state index is 12.1. The van der Waals surface area contributed by atoms with Gasteiger partial charge < -0.3 is 10.6 Å². The number of hydrogen-bond acceptors (Lipinski definition) is 2. The lowest BCUT2D eigenvalue weighted by Gasteiger charge is -2.27. The van der Waals surface area contributed by atoms with Gasteiger partial charge in [0.05, 0.1) is 0 Å². The summed E-state index contributed by atoms with van der Waals surface area (Å²) in [6.07, 6.45) is 5.65. The first-order valence-corrected chi connectivity index (χ1v) is 7.43. The summed E-state index contributed by atoms with van der Waals surface area (Å²) in [7, 11) is 0. The first kappa shape index (κ1) is 12.7. The van der Waals surface area contributed by atoms with Crippen LogP contribution in [0.4, 0.5) is 0 Å². The van der Waals surface area contributed by atoms with Crippen LogP contribution in [0.25, 0.3) is 0 Å². The van der Waals surface area contributed by atoms with E-state index < -0.39 is 0 Å². The van der Waals surface area contributed by atoms with Crippen molar-refractivity contribution in [3.05, 3.63) is 35.4 Å². The van der Waals surface area contributed by atoms with Gasteiger partial charge in [-0.1, -0.05) is 37.1 Å². The maximum Gasteiger partial charge on any atom is 0.223 e. The molecule has 3 nitrogen and oxygen atoms in total. The molecule has 1 aliphatic heterocycles. The Hall–Kier alpha value is -1.35. The average Bonchev–Trinajstić information content (AvgIpc) is 2.99. The van der Waals surface area contributed by atoms with E-state index in [0.29, 0.717) is 6.54 Å². The Balaban J connectivity index is 1.60. The van der Waals surface area contributed by atoms with Crippen LogP contribution >= 0.6 is 0 Å². The van der Waals surface area contributed by atoms with E-state index in [1.807, 2.05) is 0 Å². The summed E-state index contributed by atoms with van der Waals surface area (Å²) in [5, 5.41) is 6.64. The molecular formula is C16H22N2O. The summed E-state index contributed by atoms with van der Waals surface area (Å²) in [6, 6.07) is 8.82. The van der Waals surface area contributed by atoms with Gasteiger partial charge in [-0.2, -0.15) is 0 Å². The van der Waals surface area contributed by atoms with Crippen LogP contribution in [0.5, 0.6) is 0 Å². The molecule has 19 heavy (non-hydrogen) atoms. The molecule has 1 aromatic rings. The smallest absolute Gasteiger partial charge is 0.223 e. The molecular weight excluding hydrogens is 236 g/mol. The second-order valence-corrected chi connectivity index (χ2v) is 5.68. The number of fused-ring (bicyclic) bond motifs is 1. The van der Waals surface area contributed by atoms with E-state index in [2.05, 4.69) is 34.9 Å². The molecule has 0 spiro atoms. The summed E-state index contributed by atoms with van der Waals surface area (Å²) in [5.41, 5.74) is 2.77. The minimum atomic E-state index is 0.252. The summed E-state index contributed by atoms with van der Waals surface area (Å²) < 4.78 is 0. The van der Waals surface area contributed by atoms with E-state index >= 15 is 0 Å². The number of carbonyl (C=O) groups excluding carboxylic acids is 1. The fraction of sp³-hybridized carbons (Fsp3) is 0.562. The highest BCUT2D eigenvalue weighted by atomic mass is 16.1. The molecule has 102 valence electrons. The van der Waals surface area contributed by atoms with Crippen molar-refractivity contribution in [3.63, 3.8) is 0 Å². The van der Waals surface area contributed by atoms with Gasteiger partial charge in [0.2, 0.25) is 5.91 Å². The molecule has 1 fully saturated rings. The summed E-state index contributed by atoms with van der Waals surface area (Å²) >= 11 is 0. The highest BCUT2D eigenvalue weighted by Gasteiger charge is 2.24. The SMILES string of the molecule is O=C(NCC1NCCc2ccccc21)C1CCCC1. The zero-order valence-corrected chi connectivity index (χ0v) is 11.3. The highest BCUT2D eigenvalue weighted by Crippen LogP contribution is 2.25. The average molecular weight is 258 g/mol. The van der Waals surface area contributed by atoms with Gasteiger partial charge in [-0.25, -0.2) is 0 Å². The van der Waals surface area contributed by atoms with Crippen molar-refractivity contribution >= 4 is 5.91 Å². The van der Waals surface area contributed by atoms with Gasteiger partial charge in [-0.3, -0.25) is 4.79 Å². The molecule has 1 atom stereocenters. The van der Waals surface area contributed by atoms with Crippen molar-refractivity contribution in [2.45, 2.75) is 38.1 Å². The monoisotopic (exact) mass is 258 g/mol. The van der Waals surface area contributed by atoms with Crippen LogP contribution in [0.15, 0.2) is 24.3 Å². The zero-order valence-electron chi connectivity index (χ0n) is 11.3. The molecule has 0 saturated heterocycles. The van der Waals surface area contributed by atoms with Crippen molar-refractivity contribution in [1.29, 1.82) is 0 Å². The number of nitrogens with one attached hydrogen (secondary N) is 2. The summed E-state index contributed by atoms with van der Waals surface area (Å²) in [6.45, 7) is 1.72. The number of hydrogen-bond donors (Lipinski definition) is 2. The Labute approximate surface area is 114 Å². The molecule has 1 amide bonds. The standard InChI is InChI=1S/C16H22N2O/c19-16(13-6-1-2-7-13)18-11-15-14-8-4-3-5-12(14)9-10-17-15/h3-5,8,13,15,17H,1-2,6-7,9-11H2,(H,18,19). The van der Waals surface area contributed by atoms with Crippen LogP contribution in [0.2, 0.25) is 0 Å². The second kappa shape index (κ2) is 5.74. The topological polar surface area (TPSA) is 41.1 Å². The number of benzene rings is 1. The van der Waals surface area contributed by atoms with Crippen LogP contribution in [0.1, 0.15) is 42.9 Å². The third kappa shape index (κ3) is 2.81. The molecule has 0 radical (unpaired) electrons. The second-order valence-electron chi connectivity index (χ2n) is 5.68. The van der Waals surface area contributed by atoms with Crippen molar-refractivity contribution in [2.24, 2.45) is 5.92 Å². The van der Waals surface area contributed by atoms with Gasteiger partial charge in [-0.15, -0.1) is 0 Å². The van der Waals surface area contributed by atoms with Crippen molar-refractivity contribution in [2.75, 3.05) is 13.1 Å². The first-order valence-electron chi connectivity index (χ1n) is 7.43. The van der Waals surface area contributed by atoms with E-state index in [9.17, 15) is 4.79 Å². The highest BCUT2D eigenvalue weighted by molar-refractivity contribution is 5.78. The molecule has 0 aromatic heterocycles. The molecule has 1 unspecified atom stereocenters. The Morgan fingerprint density at radius 1 is 1.26 bits per heavy atom. The third-order valence-corrected chi connectivity index (χ3v) is 4.42. The van der Waals surface area contributed by atoms with E-state index in [0.717, 1.165) is 25.8 Å². The third-order valence-electron chi connectivity index (χ3n) is 4.42. The van der Waals surface area contributed by atoms with E-state index in [-0.39, 0.29) is 17.9 Å². The number of rotatable bonds is 3.